The first-order valence-electron chi connectivity index (χ1n) is 6.56. The van der Waals surface area contributed by atoms with E-state index in [1.165, 1.54) is 5.57 Å². The lowest BCUT2D eigenvalue weighted by Crippen LogP contribution is -2.44. The van der Waals surface area contributed by atoms with Crippen molar-refractivity contribution in [2.75, 3.05) is 13.1 Å². The lowest BCUT2D eigenvalue weighted by molar-refractivity contribution is 0.0940. The van der Waals surface area contributed by atoms with Crippen LogP contribution in [0.4, 0.5) is 0 Å². The van der Waals surface area contributed by atoms with E-state index in [0.717, 1.165) is 18.5 Å². The van der Waals surface area contributed by atoms with Crippen molar-refractivity contribution in [2.45, 2.75) is 19.4 Å². The first-order valence-corrected chi connectivity index (χ1v) is 6.56. The summed E-state index contributed by atoms with van der Waals surface area (Å²) in [6.07, 6.45) is 4.52. The van der Waals surface area contributed by atoms with E-state index in [1.807, 2.05) is 12.2 Å². The predicted octanol–water partition coefficient (Wildman–Crippen LogP) is 1.74. The molecule has 0 aliphatic carbocycles. The molecule has 5 heteroatoms. The van der Waals surface area contributed by atoms with Gasteiger partial charge in [-0.3, -0.25) is 4.79 Å². The van der Waals surface area contributed by atoms with Crippen LogP contribution in [0.5, 0.6) is 0 Å². The SMILES string of the molecule is C=CC1=C(C=C)CC(CNC(=O)c2cc(C)on2)NC1. The summed E-state index contributed by atoms with van der Waals surface area (Å²) < 4.78 is 4.88. The molecule has 2 rings (SSSR count). The second-order valence-electron chi connectivity index (χ2n) is 4.77. The molecule has 2 heterocycles. The Kier molecular flexibility index (Phi) is 4.53. The number of hydrogen-bond donors (Lipinski definition) is 2. The van der Waals surface area contributed by atoms with Crippen LogP contribution in [0.15, 0.2) is 47.0 Å². The maximum atomic E-state index is 11.9. The zero-order valence-electron chi connectivity index (χ0n) is 11.6. The maximum Gasteiger partial charge on any atom is 0.273 e. The molecule has 0 aromatic carbocycles. The third kappa shape index (κ3) is 3.24. The highest BCUT2D eigenvalue weighted by Crippen LogP contribution is 2.18. The smallest absolute Gasteiger partial charge is 0.273 e. The molecule has 0 spiro atoms. The molecule has 0 fully saturated rings. The van der Waals surface area contributed by atoms with Crippen LogP contribution in [0.25, 0.3) is 0 Å². The van der Waals surface area contributed by atoms with Crippen LogP contribution in [0, 0.1) is 6.92 Å². The first kappa shape index (κ1) is 14.3. The molecule has 0 saturated heterocycles. The van der Waals surface area contributed by atoms with Crippen LogP contribution in [-0.4, -0.2) is 30.2 Å². The number of hydrogen-bond acceptors (Lipinski definition) is 4. The van der Waals surface area contributed by atoms with Crippen LogP contribution in [-0.2, 0) is 0 Å². The third-order valence-corrected chi connectivity index (χ3v) is 3.32. The van der Waals surface area contributed by atoms with E-state index < -0.39 is 0 Å². The lowest BCUT2D eigenvalue weighted by atomic mass is 9.96. The monoisotopic (exact) mass is 273 g/mol. The van der Waals surface area contributed by atoms with Crippen LogP contribution < -0.4 is 10.6 Å². The van der Waals surface area contributed by atoms with Gasteiger partial charge in [0.2, 0.25) is 0 Å². The topological polar surface area (TPSA) is 67.2 Å². The summed E-state index contributed by atoms with van der Waals surface area (Å²) in [7, 11) is 0. The minimum atomic E-state index is -0.220. The zero-order valence-corrected chi connectivity index (χ0v) is 11.6. The number of rotatable bonds is 5. The molecule has 1 aliphatic rings. The molecule has 20 heavy (non-hydrogen) atoms. The Morgan fingerprint density at radius 3 is 2.90 bits per heavy atom. The number of nitrogens with zero attached hydrogens (tertiary/aromatic N) is 1. The van der Waals surface area contributed by atoms with Crippen LogP contribution in [0.1, 0.15) is 22.7 Å². The fourth-order valence-electron chi connectivity index (χ4n) is 2.18. The van der Waals surface area contributed by atoms with Crippen molar-refractivity contribution in [3.8, 4) is 0 Å². The van der Waals surface area contributed by atoms with Crippen molar-refractivity contribution in [3.63, 3.8) is 0 Å². The average molecular weight is 273 g/mol. The van der Waals surface area contributed by atoms with Crippen LogP contribution >= 0.6 is 0 Å². The van der Waals surface area contributed by atoms with Gasteiger partial charge in [-0.1, -0.05) is 30.5 Å². The number of allylic oxidation sites excluding steroid dienone is 1. The molecule has 1 aromatic rings. The molecule has 1 atom stereocenters. The molecule has 0 radical (unpaired) electrons. The predicted molar refractivity (Wildman–Crippen MR) is 77.4 cm³/mol. The van der Waals surface area contributed by atoms with Crippen molar-refractivity contribution < 1.29 is 9.32 Å². The van der Waals surface area contributed by atoms with Gasteiger partial charge in [-0.15, -0.1) is 0 Å². The highest BCUT2D eigenvalue weighted by Gasteiger charge is 2.19. The molecular weight excluding hydrogens is 254 g/mol. The Labute approximate surface area is 118 Å². The summed E-state index contributed by atoms with van der Waals surface area (Å²) in [6.45, 7) is 10.6. The summed E-state index contributed by atoms with van der Waals surface area (Å²) >= 11 is 0. The van der Waals surface area contributed by atoms with Crippen molar-refractivity contribution in [1.29, 1.82) is 0 Å². The second kappa shape index (κ2) is 6.34. The molecule has 1 aromatic heterocycles. The standard InChI is InChI=1S/C15H19N3O2/c1-4-11-7-13(16-8-12(11)5-2)9-17-15(19)14-6-10(3)20-18-14/h4-6,13,16H,1-2,7-9H2,3H3,(H,17,19). The van der Waals surface area contributed by atoms with Crippen molar-refractivity contribution in [3.05, 3.63) is 54.0 Å². The molecule has 0 bridgehead atoms. The highest BCUT2D eigenvalue weighted by molar-refractivity contribution is 5.92. The van der Waals surface area contributed by atoms with E-state index in [2.05, 4.69) is 28.9 Å². The lowest BCUT2D eigenvalue weighted by Gasteiger charge is -2.26. The van der Waals surface area contributed by atoms with Gasteiger partial charge in [-0.25, -0.2) is 0 Å². The van der Waals surface area contributed by atoms with E-state index in [1.54, 1.807) is 13.0 Å². The summed E-state index contributed by atoms with van der Waals surface area (Å²) in [5.74, 6) is 0.403. The number of aromatic nitrogens is 1. The summed E-state index contributed by atoms with van der Waals surface area (Å²) in [4.78, 5) is 11.9. The quantitative estimate of drug-likeness (QED) is 0.857. The normalized spacial score (nSPS) is 18.8. The Bertz CT molecular complexity index is 557. The Hall–Kier alpha value is -2.14. The van der Waals surface area contributed by atoms with Gasteiger partial charge in [-0.05, 0) is 24.5 Å². The third-order valence-electron chi connectivity index (χ3n) is 3.32. The summed E-state index contributed by atoms with van der Waals surface area (Å²) in [6, 6.07) is 1.80. The maximum absolute atomic E-state index is 11.9. The van der Waals surface area contributed by atoms with Crippen molar-refractivity contribution in [2.24, 2.45) is 0 Å². The minimum absolute atomic E-state index is 0.184. The Morgan fingerprint density at radius 2 is 2.30 bits per heavy atom. The van der Waals surface area contributed by atoms with E-state index in [9.17, 15) is 4.79 Å². The fraction of sp³-hybridized carbons (Fsp3) is 0.333. The van der Waals surface area contributed by atoms with E-state index in [4.69, 9.17) is 4.52 Å². The summed E-state index contributed by atoms with van der Waals surface area (Å²) in [5, 5.41) is 9.90. The zero-order chi connectivity index (χ0) is 14.5. The number of nitrogens with one attached hydrogen (secondary N) is 2. The Balaban J connectivity index is 1.89. The van der Waals surface area contributed by atoms with Gasteiger partial charge < -0.3 is 15.2 Å². The Morgan fingerprint density at radius 1 is 1.55 bits per heavy atom. The highest BCUT2D eigenvalue weighted by atomic mass is 16.5. The van der Waals surface area contributed by atoms with Gasteiger partial charge in [0.25, 0.3) is 5.91 Å². The van der Waals surface area contributed by atoms with Gasteiger partial charge in [0, 0.05) is 25.2 Å². The molecule has 1 amide bonds. The first-order chi connectivity index (χ1) is 9.63. The molecule has 1 aliphatic heterocycles. The van der Waals surface area contributed by atoms with Crippen LogP contribution in [0.3, 0.4) is 0 Å². The minimum Gasteiger partial charge on any atom is -0.361 e. The van der Waals surface area contributed by atoms with Gasteiger partial charge in [0.1, 0.15) is 5.76 Å². The average Bonchev–Trinajstić information content (AvgIpc) is 2.91. The molecule has 1 unspecified atom stereocenters. The largest absolute Gasteiger partial charge is 0.361 e. The van der Waals surface area contributed by atoms with Gasteiger partial charge in [-0.2, -0.15) is 0 Å². The van der Waals surface area contributed by atoms with E-state index in [-0.39, 0.29) is 11.9 Å². The van der Waals surface area contributed by atoms with Gasteiger partial charge >= 0.3 is 0 Å². The molecule has 2 N–H and O–H groups in total. The van der Waals surface area contributed by atoms with Crippen molar-refractivity contribution in [1.82, 2.24) is 15.8 Å². The molecule has 0 saturated carbocycles. The summed E-state index contributed by atoms with van der Waals surface area (Å²) in [5.41, 5.74) is 2.65. The molecule has 5 nitrogen and oxygen atoms in total. The molecular formula is C15H19N3O2. The van der Waals surface area contributed by atoms with Gasteiger partial charge in [0.05, 0.1) is 0 Å². The molecule has 106 valence electrons. The fourth-order valence-corrected chi connectivity index (χ4v) is 2.18. The number of aryl methyl sites for hydroxylation is 1. The second-order valence-corrected chi connectivity index (χ2v) is 4.77. The van der Waals surface area contributed by atoms with Crippen LogP contribution in [0.2, 0.25) is 0 Å². The number of carbonyl (C=O) groups excluding carboxylic acids is 1. The van der Waals surface area contributed by atoms with E-state index >= 15 is 0 Å². The number of amides is 1. The number of carbonyl (C=O) groups is 1. The van der Waals surface area contributed by atoms with Gasteiger partial charge in [0.15, 0.2) is 5.69 Å². The van der Waals surface area contributed by atoms with E-state index in [0.29, 0.717) is 18.0 Å². The van der Waals surface area contributed by atoms with Crippen molar-refractivity contribution >= 4 is 5.91 Å².